The summed E-state index contributed by atoms with van der Waals surface area (Å²) in [6.07, 6.45) is 1.17. The summed E-state index contributed by atoms with van der Waals surface area (Å²) in [7, 11) is -0.221. The molecule has 0 bridgehead atoms. The number of sulfone groups is 1. The highest BCUT2D eigenvalue weighted by Gasteiger charge is 2.21. The van der Waals surface area contributed by atoms with Crippen molar-refractivity contribution >= 4 is 15.6 Å². The fourth-order valence-corrected chi connectivity index (χ4v) is 2.36. The molecule has 1 atom stereocenters. The van der Waals surface area contributed by atoms with E-state index in [9.17, 15) is 13.2 Å². The van der Waals surface area contributed by atoms with Crippen molar-refractivity contribution < 1.29 is 22.7 Å². The number of rotatable bonds is 7. The molecule has 2 N–H and O–H groups in total. The molecule has 0 spiro atoms. The molecule has 20 heavy (non-hydrogen) atoms. The van der Waals surface area contributed by atoms with Crippen LogP contribution in [-0.2, 0) is 9.84 Å². The van der Waals surface area contributed by atoms with Crippen LogP contribution in [0.4, 0.5) is 0 Å². The van der Waals surface area contributed by atoms with Crippen molar-refractivity contribution in [2.45, 2.75) is 12.5 Å². The molecule has 7 heteroatoms. The number of Topliss-reactive ketones (excluding diaryl/α,β-unsaturated/α-hetero) is 1. The SMILES string of the molecule is COc1ccc(OC)c(C(=O)C(N)CCS(C)(=O)=O)c1. The summed E-state index contributed by atoms with van der Waals surface area (Å²) in [5, 5.41) is 0. The van der Waals surface area contributed by atoms with Crippen LogP contribution in [0.3, 0.4) is 0 Å². The van der Waals surface area contributed by atoms with Gasteiger partial charge in [-0.15, -0.1) is 0 Å². The van der Waals surface area contributed by atoms with Gasteiger partial charge in [0.2, 0.25) is 0 Å². The summed E-state index contributed by atoms with van der Waals surface area (Å²) in [5.41, 5.74) is 6.05. The van der Waals surface area contributed by atoms with Gasteiger partial charge in [0.15, 0.2) is 5.78 Å². The Labute approximate surface area is 118 Å². The molecule has 0 fully saturated rings. The molecular formula is C13H19NO5S. The van der Waals surface area contributed by atoms with Gasteiger partial charge < -0.3 is 15.2 Å². The monoisotopic (exact) mass is 301 g/mol. The first-order valence-corrected chi connectivity index (χ1v) is 8.04. The Bertz CT molecular complexity index is 582. The van der Waals surface area contributed by atoms with Crippen LogP contribution in [0.25, 0.3) is 0 Å². The zero-order chi connectivity index (χ0) is 15.3. The van der Waals surface area contributed by atoms with E-state index in [1.165, 1.54) is 20.3 Å². The highest BCUT2D eigenvalue weighted by Crippen LogP contribution is 2.25. The van der Waals surface area contributed by atoms with E-state index in [1.54, 1.807) is 12.1 Å². The van der Waals surface area contributed by atoms with Crippen molar-refractivity contribution in [3.05, 3.63) is 23.8 Å². The minimum atomic E-state index is -3.15. The molecule has 112 valence electrons. The van der Waals surface area contributed by atoms with Crippen molar-refractivity contribution in [1.82, 2.24) is 0 Å². The maximum atomic E-state index is 12.3. The van der Waals surface area contributed by atoms with Crippen LogP contribution in [-0.4, -0.2) is 46.5 Å². The van der Waals surface area contributed by atoms with E-state index in [4.69, 9.17) is 15.2 Å². The third kappa shape index (κ3) is 4.50. The summed E-state index contributed by atoms with van der Waals surface area (Å²) in [6.45, 7) is 0. The van der Waals surface area contributed by atoms with Crippen LogP contribution in [0.15, 0.2) is 18.2 Å². The number of benzene rings is 1. The molecular weight excluding hydrogens is 282 g/mol. The number of carbonyl (C=O) groups excluding carboxylic acids is 1. The number of methoxy groups -OCH3 is 2. The van der Waals surface area contributed by atoms with Crippen molar-refractivity contribution in [1.29, 1.82) is 0 Å². The van der Waals surface area contributed by atoms with Crippen molar-refractivity contribution in [3.8, 4) is 11.5 Å². The molecule has 0 aliphatic rings. The Hall–Kier alpha value is -1.60. The number of ether oxygens (including phenoxy) is 2. The first kappa shape index (κ1) is 16.5. The van der Waals surface area contributed by atoms with Crippen molar-refractivity contribution in [2.24, 2.45) is 5.73 Å². The quantitative estimate of drug-likeness (QED) is 0.743. The summed E-state index contributed by atoms with van der Waals surface area (Å²) in [6, 6.07) is 3.90. The molecule has 1 aromatic rings. The summed E-state index contributed by atoms with van der Waals surface area (Å²) < 4.78 is 32.4. The van der Waals surface area contributed by atoms with Crippen LogP contribution in [0.1, 0.15) is 16.8 Å². The molecule has 0 saturated carbocycles. The molecule has 1 aromatic carbocycles. The van der Waals surface area contributed by atoms with E-state index >= 15 is 0 Å². The number of hydrogen-bond donors (Lipinski definition) is 1. The predicted octanol–water partition coefficient (Wildman–Crippen LogP) is 0.649. The minimum Gasteiger partial charge on any atom is -0.497 e. The van der Waals surface area contributed by atoms with E-state index in [0.717, 1.165) is 6.26 Å². The smallest absolute Gasteiger partial charge is 0.183 e. The lowest BCUT2D eigenvalue weighted by Crippen LogP contribution is -2.32. The number of nitrogens with two attached hydrogens (primary N) is 1. The van der Waals surface area contributed by atoms with Crippen LogP contribution in [0.5, 0.6) is 11.5 Å². The normalized spacial score (nSPS) is 12.8. The summed E-state index contributed by atoms with van der Waals surface area (Å²) >= 11 is 0. The first-order chi connectivity index (χ1) is 9.28. The van der Waals surface area contributed by atoms with Crippen LogP contribution in [0, 0.1) is 0 Å². The highest BCUT2D eigenvalue weighted by molar-refractivity contribution is 7.90. The molecule has 6 nitrogen and oxygen atoms in total. The second kappa shape index (κ2) is 6.71. The fraction of sp³-hybridized carbons (Fsp3) is 0.462. The van der Waals surface area contributed by atoms with Gasteiger partial charge in [-0.25, -0.2) is 8.42 Å². The van der Waals surface area contributed by atoms with Crippen molar-refractivity contribution in [2.75, 3.05) is 26.2 Å². The van der Waals surface area contributed by atoms with Gasteiger partial charge >= 0.3 is 0 Å². The lowest BCUT2D eigenvalue weighted by Gasteiger charge is -2.14. The van der Waals surface area contributed by atoms with E-state index in [1.807, 2.05) is 0 Å². The average molecular weight is 301 g/mol. The highest BCUT2D eigenvalue weighted by atomic mass is 32.2. The average Bonchev–Trinajstić information content (AvgIpc) is 2.42. The van der Waals surface area contributed by atoms with Gasteiger partial charge in [0.05, 0.1) is 31.6 Å². The Morgan fingerprint density at radius 2 is 1.95 bits per heavy atom. The van der Waals surface area contributed by atoms with Gasteiger partial charge in [-0.1, -0.05) is 0 Å². The lowest BCUT2D eigenvalue weighted by atomic mass is 10.0. The van der Waals surface area contributed by atoms with E-state index < -0.39 is 15.9 Å². The second-order valence-corrected chi connectivity index (χ2v) is 6.72. The molecule has 0 aliphatic carbocycles. The van der Waals surface area contributed by atoms with Gasteiger partial charge in [0.1, 0.15) is 21.3 Å². The molecule has 0 aromatic heterocycles. The third-order valence-corrected chi connectivity index (χ3v) is 3.79. The molecule has 0 amide bonds. The second-order valence-electron chi connectivity index (χ2n) is 4.46. The Balaban J connectivity index is 2.95. The molecule has 1 rings (SSSR count). The maximum Gasteiger partial charge on any atom is 0.183 e. The number of hydrogen-bond acceptors (Lipinski definition) is 6. The van der Waals surface area contributed by atoms with E-state index in [-0.39, 0.29) is 23.5 Å². The van der Waals surface area contributed by atoms with Gasteiger partial charge in [0.25, 0.3) is 0 Å². The molecule has 0 saturated heterocycles. The molecule has 0 aliphatic heterocycles. The van der Waals surface area contributed by atoms with Crippen LogP contribution >= 0.6 is 0 Å². The number of ketones is 1. The van der Waals surface area contributed by atoms with Gasteiger partial charge in [-0.2, -0.15) is 0 Å². The fourth-order valence-electron chi connectivity index (χ4n) is 1.68. The molecule has 0 heterocycles. The minimum absolute atomic E-state index is 0.0675. The molecule has 1 unspecified atom stereocenters. The van der Waals surface area contributed by atoms with Gasteiger partial charge in [0, 0.05) is 6.26 Å². The largest absolute Gasteiger partial charge is 0.497 e. The molecule has 0 radical (unpaired) electrons. The van der Waals surface area contributed by atoms with E-state index in [2.05, 4.69) is 0 Å². The van der Waals surface area contributed by atoms with Crippen LogP contribution < -0.4 is 15.2 Å². The van der Waals surface area contributed by atoms with Crippen LogP contribution in [0.2, 0.25) is 0 Å². The summed E-state index contributed by atoms with van der Waals surface area (Å²) in [4.78, 5) is 12.3. The maximum absolute atomic E-state index is 12.3. The Morgan fingerprint density at radius 3 is 2.45 bits per heavy atom. The standard InChI is InChI=1S/C13H19NO5S/c1-18-9-4-5-12(19-2)10(8-9)13(15)11(14)6-7-20(3,16)17/h4-5,8,11H,6-7,14H2,1-3H3. The Morgan fingerprint density at radius 1 is 1.30 bits per heavy atom. The first-order valence-electron chi connectivity index (χ1n) is 5.98. The lowest BCUT2D eigenvalue weighted by molar-refractivity contribution is 0.0956. The van der Waals surface area contributed by atoms with Gasteiger partial charge in [-0.3, -0.25) is 4.79 Å². The third-order valence-electron chi connectivity index (χ3n) is 2.81. The van der Waals surface area contributed by atoms with Gasteiger partial charge in [-0.05, 0) is 24.6 Å². The topological polar surface area (TPSA) is 95.7 Å². The Kier molecular flexibility index (Phi) is 5.52. The summed E-state index contributed by atoms with van der Waals surface area (Å²) in [5.74, 6) is 0.381. The van der Waals surface area contributed by atoms with E-state index in [0.29, 0.717) is 11.5 Å². The zero-order valence-corrected chi connectivity index (χ0v) is 12.6. The zero-order valence-electron chi connectivity index (χ0n) is 11.8. The predicted molar refractivity (Wildman–Crippen MR) is 76.2 cm³/mol. The number of carbonyl (C=O) groups is 1. The van der Waals surface area contributed by atoms with Crippen molar-refractivity contribution in [3.63, 3.8) is 0 Å².